The lowest BCUT2D eigenvalue weighted by Crippen LogP contribution is -2.43. The molecular formula is C16H22BrNO3. The first kappa shape index (κ1) is 15.3. The van der Waals surface area contributed by atoms with Gasteiger partial charge in [0.15, 0.2) is 0 Å². The van der Waals surface area contributed by atoms with Crippen molar-refractivity contribution in [1.29, 1.82) is 0 Å². The Kier molecular flexibility index (Phi) is 4.54. The first-order chi connectivity index (χ1) is 10.1. The van der Waals surface area contributed by atoms with Crippen molar-refractivity contribution in [1.82, 2.24) is 0 Å². The number of rotatable bonds is 3. The molecule has 0 radical (unpaired) electrons. The third-order valence-electron chi connectivity index (χ3n) is 4.67. The van der Waals surface area contributed by atoms with E-state index in [9.17, 15) is 0 Å². The first-order valence-corrected chi connectivity index (χ1v) is 8.24. The maximum Gasteiger partial charge on any atom is 0.133 e. The summed E-state index contributed by atoms with van der Waals surface area (Å²) in [4.78, 5) is 0. The van der Waals surface area contributed by atoms with Crippen molar-refractivity contribution in [2.45, 2.75) is 30.9 Å². The van der Waals surface area contributed by atoms with Crippen molar-refractivity contribution in [2.24, 2.45) is 11.7 Å². The maximum absolute atomic E-state index is 6.52. The Labute approximate surface area is 134 Å². The highest BCUT2D eigenvalue weighted by molar-refractivity contribution is 9.10. The van der Waals surface area contributed by atoms with Crippen molar-refractivity contribution in [3.63, 3.8) is 0 Å². The average Bonchev–Trinajstić information content (AvgIpc) is 2.94. The summed E-state index contributed by atoms with van der Waals surface area (Å²) in [7, 11) is 1.67. The van der Waals surface area contributed by atoms with Crippen LogP contribution in [0.15, 0.2) is 22.7 Å². The zero-order chi connectivity index (χ0) is 14.9. The summed E-state index contributed by atoms with van der Waals surface area (Å²) in [5.74, 6) is 1.26. The Morgan fingerprint density at radius 1 is 1.43 bits per heavy atom. The SMILES string of the molecule is COc1ccc(C(N)C2CCOC3(CCOC3)C2)cc1Br. The molecular weight excluding hydrogens is 334 g/mol. The van der Waals surface area contributed by atoms with E-state index in [2.05, 4.69) is 28.1 Å². The number of ether oxygens (including phenoxy) is 3. The number of benzene rings is 1. The third kappa shape index (κ3) is 3.11. The Balaban J connectivity index is 1.75. The van der Waals surface area contributed by atoms with Crippen LogP contribution in [0, 0.1) is 5.92 Å². The van der Waals surface area contributed by atoms with Gasteiger partial charge in [0.1, 0.15) is 5.75 Å². The topological polar surface area (TPSA) is 53.7 Å². The minimum atomic E-state index is -0.0930. The van der Waals surface area contributed by atoms with Crippen LogP contribution < -0.4 is 10.5 Å². The van der Waals surface area contributed by atoms with Crippen molar-refractivity contribution >= 4 is 15.9 Å². The van der Waals surface area contributed by atoms with Crippen LogP contribution in [-0.2, 0) is 9.47 Å². The molecule has 5 heteroatoms. The molecule has 116 valence electrons. The van der Waals surface area contributed by atoms with Crippen LogP contribution in [0.4, 0.5) is 0 Å². The highest BCUT2D eigenvalue weighted by atomic mass is 79.9. The smallest absolute Gasteiger partial charge is 0.133 e. The van der Waals surface area contributed by atoms with Crippen LogP contribution in [0.3, 0.4) is 0 Å². The van der Waals surface area contributed by atoms with E-state index in [1.807, 2.05) is 6.07 Å². The number of nitrogens with two attached hydrogens (primary N) is 1. The standard InChI is InChI=1S/C16H22BrNO3/c1-19-14-3-2-11(8-13(14)17)15(18)12-4-6-21-16(9-12)5-7-20-10-16/h2-3,8,12,15H,4-7,9-10,18H2,1H3. The fourth-order valence-corrected chi connectivity index (χ4v) is 3.96. The second-order valence-corrected chi connectivity index (χ2v) is 6.86. The van der Waals surface area contributed by atoms with Gasteiger partial charge in [-0.25, -0.2) is 0 Å². The molecule has 0 aromatic heterocycles. The van der Waals surface area contributed by atoms with Gasteiger partial charge in [0.05, 0.1) is 23.8 Å². The molecule has 21 heavy (non-hydrogen) atoms. The van der Waals surface area contributed by atoms with E-state index in [0.29, 0.717) is 12.5 Å². The van der Waals surface area contributed by atoms with Crippen LogP contribution in [-0.4, -0.2) is 32.5 Å². The molecule has 0 saturated carbocycles. The molecule has 0 bridgehead atoms. The molecule has 3 atom stereocenters. The van der Waals surface area contributed by atoms with Gasteiger partial charge in [-0.2, -0.15) is 0 Å². The quantitative estimate of drug-likeness (QED) is 0.905. The van der Waals surface area contributed by atoms with Gasteiger partial charge in [-0.1, -0.05) is 6.07 Å². The van der Waals surface area contributed by atoms with Gasteiger partial charge in [0, 0.05) is 25.7 Å². The van der Waals surface area contributed by atoms with Crippen LogP contribution >= 0.6 is 15.9 Å². The summed E-state index contributed by atoms with van der Waals surface area (Å²) >= 11 is 3.53. The molecule has 2 aliphatic heterocycles. The van der Waals surface area contributed by atoms with Crippen LogP contribution in [0.1, 0.15) is 30.9 Å². The molecule has 1 aromatic rings. The minimum Gasteiger partial charge on any atom is -0.496 e. The van der Waals surface area contributed by atoms with Crippen LogP contribution in [0.25, 0.3) is 0 Å². The molecule has 4 nitrogen and oxygen atoms in total. The Bertz CT molecular complexity index is 502. The van der Waals surface area contributed by atoms with E-state index < -0.39 is 0 Å². The predicted molar refractivity (Wildman–Crippen MR) is 84.5 cm³/mol. The molecule has 2 fully saturated rings. The van der Waals surface area contributed by atoms with Crippen molar-refractivity contribution < 1.29 is 14.2 Å². The van der Waals surface area contributed by atoms with Gasteiger partial charge in [-0.3, -0.25) is 0 Å². The molecule has 2 heterocycles. The molecule has 2 aliphatic rings. The first-order valence-electron chi connectivity index (χ1n) is 7.44. The number of halogens is 1. The summed E-state index contributed by atoms with van der Waals surface area (Å²) < 4.78 is 17.7. The highest BCUT2D eigenvalue weighted by Crippen LogP contribution is 2.41. The summed E-state index contributed by atoms with van der Waals surface area (Å²) in [6.45, 7) is 2.29. The predicted octanol–water partition coefficient (Wildman–Crippen LogP) is 3.04. The zero-order valence-electron chi connectivity index (χ0n) is 12.3. The van der Waals surface area contributed by atoms with E-state index in [-0.39, 0.29) is 11.6 Å². The van der Waals surface area contributed by atoms with Gasteiger partial charge in [-0.15, -0.1) is 0 Å². The molecule has 3 unspecified atom stereocenters. The van der Waals surface area contributed by atoms with E-state index >= 15 is 0 Å². The summed E-state index contributed by atoms with van der Waals surface area (Å²) in [6, 6.07) is 6.11. The number of methoxy groups -OCH3 is 1. The lowest BCUT2D eigenvalue weighted by Gasteiger charge is -2.39. The summed E-state index contributed by atoms with van der Waals surface area (Å²) in [5.41, 5.74) is 7.57. The Hall–Kier alpha value is -0.620. The molecule has 1 spiro atoms. The Morgan fingerprint density at radius 3 is 2.95 bits per heavy atom. The van der Waals surface area contributed by atoms with Crippen LogP contribution in [0.2, 0.25) is 0 Å². The van der Waals surface area contributed by atoms with E-state index in [1.165, 1.54) is 0 Å². The molecule has 3 rings (SSSR count). The van der Waals surface area contributed by atoms with E-state index in [1.54, 1.807) is 7.11 Å². The average molecular weight is 356 g/mol. The van der Waals surface area contributed by atoms with Crippen molar-refractivity contribution in [2.75, 3.05) is 26.9 Å². The van der Waals surface area contributed by atoms with E-state index in [4.69, 9.17) is 19.9 Å². The normalized spacial score (nSPS) is 30.5. The maximum atomic E-state index is 6.52. The second kappa shape index (κ2) is 6.24. The van der Waals surface area contributed by atoms with Gasteiger partial charge in [-0.05, 0) is 52.4 Å². The van der Waals surface area contributed by atoms with Crippen LogP contribution in [0.5, 0.6) is 5.75 Å². The fourth-order valence-electron chi connectivity index (χ4n) is 3.40. The summed E-state index contributed by atoms with van der Waals surface area (Å²) in [6.07, 6.45) is 2.98. The highest BCUT2D eigenvalue weighted by Gasteiger charge is 2.42. The molecule has 0 aliphatic carbocycles. The number of hydrogen-bond donors (Lipinski definition) is 1. The molecule has 2 N–H and O–H groups in total. The molecule has 2 saturated heterocycles. The lowest BCUT2D eigenvalue weighted by atomic mass is 9.79. The van der Waals surface area contributed by atoms with Crippen molar-refractivity contribution in [3.8, 4) is 5.75 Å². The van der Waals surface area contributed by atoms with Gasteiger partial charge < -0.3 is 19.9 Å². The monoisotopic (exact) mass is 355 g/mol. The van der Waals surface area contributed by atoms with Gasteiger partial charge in [0.25, 0.3) is 0 Å². The van der Waals surface area contributed by atoms with E-state index in [0.717, 1.165) is 48.3 Å². The third-order valence-corrected chi connectivity index (χ3v) is 5.29. The molecule has 0 amide bonds. The lowest BCUT2D eigenvalue weighted by molar-refractivity contribution is -0.101. The number of hydrogen-bond acceptors (Lipinski definition) is 4. The second-order valence-electron chi connectivity index (χ2n) is 6.01. The van der Waals surface area contributed by atoms with Gasteiger partial charge >= 0.3 is 0 Å². The zero-order valence-corrected chi connectivity index (χ0v) is 13.9. The fraction of sp³-hybridized carbons (Fsp3) is 0.625. The van der Waals surface area contributed by atoms with Gasteiger partial charge in [0.2, 0.25) is 0 Å². The summed E-state index contributed by atoms with van der Waals surface area (Å²) in [5, 5.41) is 0. The molecule has 1 aromatic carbocycles. The largest absolute Gasteiger partial charge is 0.496 e. The minimum absolute atomic E-state index is 0.0218. The Morgan fingerprint density at radius 2 is 2.29 bits per heavy atom. The van der Waals surface area contributed by atoms with Crippen molar-refractivity contribution in [3.05, 3.63) is 28.2 Å².